The monoisotopic (exact) mass is 338 g/mol. The molecule has 21 heavy (non-hydrogen) atoms. The first-order chi connectivity index (χ1) is 10.1. The third-order valence-electron chi connectivity index (χ3n) is 3.38. The summed E-state index contributed by atoms with van der Waals surface area (Å²) >= 11 is 3.41. The number of nitrogens with one attached hydrogen (secondary N) is 1. The minimum atomic E-state index is -0.0895. The third kappa shape index (κ3) is 2.37. The normalized spacial score (nSPS) is 10.5. The number of halogens is 1. The van der Waals surface area contributed by atoms with Gasteiger partial charge in [0.05, 0.1) is 11.6 Å². The number of aromatic nitrogens is 1. The zero-order valence-corrected chi connectivity index (χ0v) is 12.9. The maximum atomic E-state index is 12.7. The third-order valence-corrected chi connectivity index (χ3v) is 3.83. The number of benzene rings is 2. The maximum Gasteiger partial charge on any atom is 0.195 e. The minimum Gasteiger partial charge on any atom is -0.360 e. The molecular formula is C17H11BrN2O. The molecule has 2 aromatic carbocycles. The molecule has 102 valence electrons. The Morgan fingerprint density at radius 3 is 2.81 bits per heavy atom. The highest BCUT2D eigenvalue weighted by Crippen LogP contribution is 2.26. The van der Waals surface area contributed by atoms with Gasteiger partial charge in [-0.25, -0.2) is 0 Å². The van der Waals surface area contributed by atoms with Crippen LogP contribution < -0.4 is 0 Å². The highest BCUT2D eigenvalue weighted by Gasteiger charge is 2.17. The van der Waals surface area contributed by atoms with Gasteiger partial charge in [0.1, 0.15) is 0 Å². The van der Waals surface area contributed by atoms with Crippen molar-refractivity contribution in [2.75, 3.05) is 0 Å². The molecule has 0 aliphatic rings. The summed E-state index contributed by atoms with van der Waals surface area (Å²) in [5.74, 6) is -0.0895. The lowest BCUT2D eigenvalue weighted by molar-refractivity contribution is 0.104. The summed E-state index contributed by atoms with van der Waals surface area (Å²) in [5, 5.41) is 9.92. The Hall–Kier alpha value is -2.38. The van der Waals surface area contributed by atoms with Crippen LogP contribution in [0.15, 0.2) is 47.1 Å². The van der Waals surface area contributed by atoms with Crippen molar-refractivity contribution in [1.29, 1.82) is 5.26 Å². The van der Waals surface area contributed by atoms with Crippen LogP contribution in [-0.2, 0) is 0 Å². The average Bonchev–Trinajstić information content (AvgIpc) is 2.89. The second-order valence-corrected chi connectivity index (χ2v) is 5.80. The fourth-order valence-corrected chi connectivity index (χ4v) is 3.09. The van der Waals surface area contributed by atoms with Crippen molar-refractivity contribution in [3.63, 3.8) is 0 Å². The number of hydrogen-bond donors (Lipinski definition) is 1. The largest absolute Gasteiger partial charge is 0.360 e. The number of aryl methyl sites for hydroxylation is 1. The maximum absolute atomic E-state index is 12.7. The van der Waals surface area contributed by atoms with E-state index in [4.69, 9.17) is 0 Å². The van der Waals surface area contributed by atoms with E-state index in [2.05, 4.69) is 27.0 Å². The minimum absolute atomic E-state index is 0.0895. The second-order valence-electron chi connectivity index (χ2n) is 4.89. The summed E-state index contributed by atoms with van der Waals surface area (Å²) in [4.78, 5) is 15.8. The molecule has 0 aliphatic carbocycles. The van der Waals surface area contributed by atoms with Crippen LogP contribution in [0.4, 0.5) is 0 Å². The summed E-state index contributed by atoms with van der Waals surface area (Å²) in [6.07, 6.45) is 1.67. The van der Waals surface area contributed by atoms with Gasteiger partial charge in [-0.05, 0) is 42.8 Å². The lowest BCUT2D eigenvalue weighted by Crippen LogP contribution is -2.01. The molecule has 1 heterocycles. The van der Waals surface area contributed by atoms with E-state index in [0.717, 1.165) is 15.6 Å². The quantitative estimate of drug-likeness (QED) is 0.706. The van der Waals surface area contributed by atoms with Gasteiger partial charge in [-0.3, -0.25) is 4.79 Å². The van der Waals surface area contributed by atoms with Crippen LogP contribution in [-0.4, -0.2) is 10.8 Å². The standard InChI is InChI=1S/C17H11BrN2O/c1-10-5-12(7-13(18)6-10)17(21)14-9-20-15-4-2-3-11(8-19)16(14)15/h2-7,9,20H,1H3. The highest BCUT2D eigenvalue weighted by atomic mass is 79.9. The number of nitriles is 1. The summed E-state index contributed by atoms with van der Waals surface area (Å²) in [6.45, 7) is 1.94. The van der Waals surface area contributed by atoms with Crippen molar-refractivity contribution < 1.29 is 4.79 Å². The number of rotatable bonds is 2. The van der Waals surface area contributed by atoms with Gasteiger partial charge in [0.25, 0.3) is 0 Å². The number of ketones is 1. The zero-order chi connectivity index (χ0) is 15.0. The van der Waals surface area contributed by atoms with Crippen LogP contribution >= 0.6 is 15.9 Å². The van der Waals surface area contributed by atoms with Gasteiger partial charge in [-0.1, -0.05) is 22.0 Å². The van der Waals surface area contributed by atoms with Gasteiger partial charge in [-0.2, -0.15) is 5.26 Å². The van der Waals surface area contributed by atoms with Gasteiger partial charge in [0.2, 0.25) is 0 Å². The molecule has 0 atom stereocenters. The molecule has 3 rings (SSSR count). The van der Waals surface area contributed by atoms with Crippen LogP contribution in [0.2, 0.25) is 0 Å². The predicted octanol–water partition coefficient (Wildman–Crippen LogP) is 4.34. The molecule has 0 aliphatic heterocycles. The van der Waals surface area contributed by atoms with Crippen LogP contribution in [0.1, 0.15) is 27.0 Å². The zero-order valence-electron chi connectivity index (χ0n) is 11.3. The Kier molecular flexibility index (Phi) is 3.36. The fraction of sp³-hybridized carbons (Fsp3) is 0.0588. The van der Waals surface area contributed by atoms with Gasteiger partial charge >= 0.3 is 0 Å². The van der Waals surface area contributed by atoms with Crippen molar-refractivity contribution in [2.24, 2.45) is 0 Å². The molecule has 0 radical (unpaired) electrons. The van der Waals surface area contributed by atoms with E-state index in [-0.39, 0.29) is 5.78 Å². The fourth-order valence-electron chi connectivity index (χ4n) is 2.48. The van der Waals surface area contributed by atoms with Crippen LogP contribution in [0.5, 0.6) is 0 Å². The first-order valence-corrected chi connectivity index (χ1v) is 7.21. The predicted molar refractivity (Wildman–Crippen MR) is 85.3 cm³/mol. The van der Waals surface area contributed by atoms with Gasteiger partial charge in [-0.15, -0.1) is 0 Å². The van der Waals surface area contributed by atoms with Gasteiger partial charge in [0, 0.05) is 32.7 Å². The molecule has 3 nitrogen and oxygen atoms in total. The molecule has 0 spiro atoms. The number of carbonyl (C=O) groups is 1. The van der Waals surface area contributed by atoms with Crippen molar-refractivity contribution in [1.82, 2.24) is 4.98 Å². The number of hydrogen-bond acceptors (Lipinski definition) is 2. The van der Waals surface area contributed by atoms with E-state index in [1.54, 1.807) is 24.4 Å². The van der Waals surface area contributed by atoms with E-state index in [1.165, 1.54) is 0 Å². The van der Waals surface area contributed by atoms with Crippen molar-refractivity contribution in [3.8, 4) is 6.07 Å². The summed E-state index contributed by atoms with van der Waals surface area (Å²) in [6, 6.07) is 13.1. The van der Waals surface area contributed by atoms with E-state index in [0.29, 0.717) is 22.1 Å². The highest BCUT2D eigenvalue weighted by molar-refractivity contribution is 9.10. The second kappa shape index (κ2) is 5.19. The van der Waals surface area contributed by atoms with Crippen molar-refractivity contribution in [2.45, 2.75) is 6.92 Å². The van der Waals surface area contributed by atoms with Crippen LogP contribution in [0.25, 0.3) is 10.9 Å². The lowest BCUT2D eigenvalue weighted by atomic mass is 9.99. The molecule has 0 bridgehead atoms. The average molecular weight is 339 g/mol. The number of H-pyrrole nitrogens is 1. The molecule has 0 saturated heterocycles. The summed E-state index contributed by atoms with van der Waals surface area (Å²) < 4.78 is 0.867. The number of aromatic amines is 1. The molecule has 1 N–H and O–H groups in total. The van der Waals surface area contributed by atoms with E-state index < -0.39 is 0 Å². The Morgan fingerprint density at radius 1 is 1.29 bits per heavy atom. The Bertz CT molecular complexity index is 883. The molecule has 0 amide bonds. The molecular weight excluding hydrogens is 328 g/mol. The van der Waals surface area contributed by atoms with Crippen molar-refractivity contribution in [3.05, 3.63) is 69.3 Å². The number of nitrogens with zero attached hydrogens (tertiary/aromatic N) is 1. The summed E-state index contributed by atoms with van der Waals surface area (Å²) in [5.41, 5.74) is 3.44. The molecule has 0 saturated carbocycles. The Labute approximate surface area is 130 Å². The van der Waals surface area contributed by atoms with E-state index >= 15 is 0 Å². The van der Waals surface area contributed by atoms with Gasteiger partial charge in [0.15, 0.2) is 5.78 Å². The topological polar surface area (TPSA) is 56.6 Å². The smallest absolute Gasteiger partial charge is 0.195 e. The van der Waals surface area contributed by atoms with E-state index in [1.807, 2.05) is 25.1 Å². The van der Waals surface area contributed by atoms with Crippen LogP contribution in [0.3, 0.4) is 0 Å². The Balaban J connectivity index is 2.21. The van der Waals surface area contributed by atoms with Crippen LogP contribution in [0, 0.1) is 18.3 Å². The molecule has 0 fully saturated rings. The summed E-state index contributed by atoms with van der Waals surface area (Å²) in [7, 11) is 0. The van der Waals surface area contributed by atoms with E-state index in [9.17, 15) is 10.1 Å². The molecule has 0 unspecified atom stereocenters. The SMILES string of the molecule is Cc1cc(Br)cc(C(=O)c2c[nH]c3cccc(C#N)c23)c1. The number of carbonyl (C=O) groups excluding carboxylic acids is 1. The lowest BCUT2D eigenvalue weighted by Gasteiger charge is -2.03. The first kappa shape index (κ1) is 13.6. The Morgan fingerprint density at radius 2 is 2.10 bits per heavy atom. The molecule has 3 aromatic rings. The molecule has 4 heteroatoms. The van der Waals surface area contributed by atoms with Crippen molar-refractivity contribution >= 4 is 32.6 Å². The van der Waals surface area contributed by atoms with Gasteiger partial charge < -0.3 is 4.98 Å². The molecule has 1 aromatic heterocycles. The number of fused-ring (bicyclic) bond motifs is 1. The first-order valence-electron chi connectivity index (χ1n) is 6.42.